The molecule has 0 saturated heterocycles. The van der Waals surface area contributed by atoms with Crippen molar-refractivity contribution >= 4 is 29.3 Å². The highest BCUT2D eigenvalue weighted by Gasteiger charge is 2.02. The van der Waals surface area contributed by atoms with Crippen LogP contribution in [-0.2, 0) is 17.0 Å². The van der Waals surface area contributed by atoms with Crippen LogP contribution < -0.4 is 5.32 Å². The molecule has 0 aliphatic carbocycles. The molecule has 2 aromatic rings. The van der Waals surface area contributed by atoms with E-state index in [-0.39, 0.29) is 11.7 Å². The van der Waals surface area contributed by atoms with Crippen molar-refractivity contribution in [2.75, 3.05) is 12.3 Å². The highest BCUT2D eigenvalue weighted by molar-refractivity contribution is 7.99. The maximum absolute atomic E-state index is 12.8. The predicted molar refractivity (Wildman–Crippen MR) is 95.3 cm³/mol. The number of halogens is 2. The summed E-state index contributed by atoms with van der Waals surface area (Å²) >= 11 is 7.41. The summed E-state index contributed by atoms with van der Waals surface area (Å²) in [6.07, 6.45) is 1.68. The zero-order valence-corrected chi connectivity index (χ0v) is 14.3. The summed E-state index contributed by atoms with van der Waals surface area (Å²) in [6.45, 7) is 0.637. The third-order valence-corrected chi connectivity index (χ3v) is 4.55. The zero-order chi connectivity index (χ0) is 16.5. The molecule has 1 N–H and O–H groups in total. The van der Waals surface area contributed by atoms with Crippen LogP contribution in [-0.4, -0.2) is 18.2 Å². The molecule has 122 valence electrons. The lowest BCUT2D eigenvalue weighted by Gasteiger charge is -2.06. The van der Waals surface area contributed by atoms with E-state index in [2.05, 4.69) is 5.32 Å². The van der Waals surface area contributed by atoms with E-state index in [1.54, 1.807) is 23.9 Å². The molecule has 1 amide bonds. The number of carbonyl (C=O) groups excluding carboxylic acids is 1. The quantitative estimate of drug-likeness (QED) is 0.711. The van der Waals surface area contributed by atoms with Crippen molar-refractivity contribution in [3.05, 3.63) is 70.5 Å². The first-order valence-corrected chi connectivity index (χ1v) is 9.00. The van der Waals surface area contributed by atoms with Crippen LogP contribution in [0.2, 0.25) is 5.02 Å². The fraction of sp³-hybridized carbons (Fsp3) is 0.278. The predicted octanol–water partition coefficient (Wildman–Crippen LogP) is 4.46. The Morgan fingerprint density at radius 3 is 2.39 bits per heavy atom. The van der Waals surface area contributed by atoms with E-state index in [0.717, 1.165) is 34.7 Å². The van der Waals surface area contributed by atoms with Crippen molar-refractivity contribution in [2.24, 2.45) is 0 Å². The number of hydrogen-bond acceptors (Lipinski definition) is 2. The Hall–Kier alpha value is -1.52. The van der Waals surface area contributed by atoms with Gasteiger partial charge in [-0.25, -0.2) is 4.39 Å². The maximum Gasteiger partial charge on any atom is 0.230 e. The Kier molecular flexibility index (Phi) is 7.43. The van der Waals surface area contributed by atoms with Crippen LogP contribution in [0.25, 0.3) is 0 Å². The first-order chi connectivity index (χ1) is 11.1. The fourth-order valence-corrected chi connectivity index (χ4v) is 3.01. The molecule has 2 aromatic carbocycles. The molecule has 0 bridgehead atoms. The molecule has 0 heterocycles. The van der Waals surface area contributed by atoms with Gasteiger partial charge in [-0.3, -0.25) is 4.79 Å². The smallest absolute Gasteiger partial charge is 0.230 e. The first kappa shape index (κ1) is 17.8. The van der Waals surface area contributed by atoms with Gasteiger partial charge in [0.1, 0.15) is 5.82 Å². The number of nitrogens with one attached hydrogen (secondary N) is 1. The second kappa shape index (κ2) is 9.58. The number of aryl methyl sites for hydroxylation is 1. The number of thioether (sulfide) groups is 1. The maximum atomic E-state index is 12.8. The number of hydrogen-bond donors (Lipinski definition) is 1. The molecule has 0 unspecified atom stereocenters. The van der Waals surface area contributed by atoms with Crippen molar-refractivity contribution in [1.82, 2.24) is 5.32 Å². The largest absolute Gasteiger partial charge is 0.355 e. The standard InChI is InChI=1S/C18H19ClFNOS/c19-16-7-3-15(4-8-16)12-23-13-18(22)21-11-1-2-14-5-9-17(20)10-6-14/h3-10H,1-2,11-13H2,(H,21,22). The van der Waals surface area contributed by atoms with Crippen LogP contribution >= 0.6 is 23.4 Å². The van der Waals surface area contributed by atoms with Gasteiger partial charge in [-0.2, -0.15) is 0 Å². The van der Waals surface area contributed by atoms with Gasteiger partial charge in [0.2, 0.25) is 5.91 Å². The Morgan fingerprint density at radius 1 is 1.04 bits per heavy atom. The second-order valence-electron chi connectivity index (χ2n) is 5.20. The van der Waals surface area contributed by atoms with E-state index < -0.39 is 0 Å². The molecule has 0 aromatic heterocycles. The Bertz CT molecular complexity index is 616. The van der Waals surface area contributed by atoms with E-state index in [9.17, 15) is 9.18 Å². The summed E-state index contributed by atoms with van der Waals surface area (Å²) in [5, 5.41) is 3.62. The minimum atomic E-state index is -0.222. The summed E-state index contributed by atoms with van der Waals surface area (Å²) in [4.78, 5) is 11.7. The van der Waals surface area contributed by atoms with Crippen molar-refractivity contribution in [1.29, 1.82) is 0 Å². The number of amides is 1. The minimum absolute atomic E-state index is 0.0445. The monoisotopic (exact) mass is 351 g/mol. The van der Waals surface area contributed by atoms with Crippen LogP contribution in [0.4, 0.5) is 4.39 Å². The number of rotatable bonds is 8. The second-order valence-corrected chi connectivity index (χ2v) is 6.62. The lowest BCUT2D eigenvalue weighted by Crippen LogP contribution is -2.26. The SMILES string of the molecule is O=C(CSCc1ccc(Cl)cc1)NCCCc1ccc(F)cc1. The molecular formula is C18H19ClFNOS. The molecule has 0 saturated carbocycles. The first-order valence-electron chi connectivity index (χ1n) is 7.47. The van der Waals surface area contributed by atoms with Gasteiger partial charge in [-0.15, -0.1) is 11.8 Å². The van der Waals surface area contributed by atoms with Gasteiger partial charge < -0.3 is 5.32 Å². The summed E-state index contributed by atoms with van der Waals surface area (Å²) in [5.41, 5.74) is 2.24. The van der Waals surface area contributed by atoms with Gasteiger partial charge in [-0.1, -0.05) is 35.9 Å². The molecule has 0 fully saturated rings. The summed E-state index contributed by atoms with van der Waals surface area (Å²) < 4.78 is 12.8. The van der Waals surface area contributed by atoms with Crippen LogP contribution in [0.5, 0.6) is 0 Å². The van der Waals surface area contributed by atoms with Crippen molar-refractivity contribution in [2.45, 2.75) is 18.6 Å². The van der Waals surface area contributed by atoms with Crippen molar-refractivity contribution in [3.63, 3.8) is 0 Å². The summed E-state index contributed by atoms with van der Waals surface area (Å²) in [7, 11) is 0. The lowest BCUT2D eigenvalue weighted by atomic mass is 10.1. The summed E-state index contributed by atoms with van der Waals surface area (Å²) in [5.74, 6) is 1.06. The molecule has 0 radical (unpaired) electrons. The molecule has 0 aliphatic heterocycles. The van der Waals surface area contributed by atoms with Gasteiger partial charge in [0.05, 0.1) is 5.75 Å². The van der Waals surface area contributed by atoms with Crippen molar-refractivity contribution in [3.8, 4) is 0 Å². The lowest BCUT2D eigenvalue weighted by molar-refractivity contribution is -0.118. The van der Waals surface area contributed by atoms with Crippen LogP contribution in [0.3, 0.4) is 0 Å². The Labute approximate surface area is 145 Å². The molecule has 0 aliphatic rings. The number of carbonyl (C=O) groups is 1. The molecule has 2 nitrogen and oxygen atoms in total. The molecule has 2 rings (SSSR count). The van der Waals surface area contributed by atoms with Gasteiger partial charge in [-0.05, 0) is 48.2 Å². The van der Waals surface area contributed by atoms with E-state index >= 15 is 0 Å². The Balaban J connectivity index is 1.56. The van der Waals surface area contributed by atoms with Crippen molar-refractivity contribution < 1.29 is 9.18 Å². The molecule has 5 heteroatoms. The van der Waals surface area contributed by atoms with Gasteiger partial charge in [0.15, 0.2) is 0 Å². The summed E-state index contributed by atoms with van der Waals surface area (Å²) in [6, 6.07) is 14.1. The molecule has 0 spiro atoms. The van der Waals surface area contributed by atoms with E-state index in [4.69, 9.17) is 11.6 Å². The minimum Gasteiger partial charge on any atom is -0.355 e. The average Bonchev–Trinajstić information content (AvgIpc) is 2.55. The van der Waals surface area contributed by atoms with Crippen LogP contribution in [0, 0.1) is 5.82 Å². The van der Waals surface area contributed by atoms with Crippen LogP contribution in [0.15, 0.2) is 48.5 Å². The van der Waals surface area contributed by atoms with Gasteiger partial charge >= 0.3 is 0 Å². The average molecular weight is 352 g/mol. The van der Waals surface area contributed by atoms with Gasteiger partial charge in [0.25, 0.3) is 0 Å². The zero-order valence-electron chi connectivity index (χ0n) is 12.7. The Morgan fingerprint density at radius 2 is 1.70 bits per heavy atom. The highest BCUT2D eigenvalue weighted by Crippen LogP contribution is 2.15. The van der Waals surface area contributed by atoms with Crippen LogP contribution in [0.1, 0.15) is 17.5 Å². The highest BCUT2D eigenvalue weighted by atomic mass is 35.5. The third kappa shape index (κ3) is 7.06. The van der Waals surface area contributed by atoms with E-state index in [1.807, 2.05) is 24.3 Å². The molecular weight excluding hydrogens is 333 g/mol. The fourth-order valence-electron chi connectivity index (χ4n) is 2.06. The third-order valence-electron chi connectivity index (χ3n) is 3.29. The normalized spacial score (nSPS) is 10.5. The molecule has 0 atom stereocenters. The topological polar surface area (TPSA) is 29.1 Å². The van der Waals surface area contributed by atoms with Gasteiger partial charge in [0, 0.05) is 17.3 Å². The van der Waals surface area contributed by atoms with E-state index in [1.165, 1.54) is 12.1 Å². The number of benzene rings is 2. The van der Waals surface area contributed by atoms with E-state index in [0.29, 0.717) is 12.3 Å². The molecule has 23 heavy (non-hydrogen) atoms.